The maximum Gasteiger partial charge on any atom is 0.137 e. The molecular weight excluding hydrogens is 150 g/mol. The zero-order valence-electron chi connectivity index (χ0n) is 6.59. The number of nitrogens with zero attached hydrogens (tertiary/aromatic N) is 1. The standard InChI is InChI=1S/C9H9N3/c1-3-11-9-6(1)5-8-7(12-9)2-4-10-8/h1,3,5,10H,2,4H2,(H,11,12). The average Bonchev–Trinajstić information content (AvgIpc) is 2.64. The molecule has 0 amide bonds. The van der Waals surface area contributed by atoms with Crippen LogP contribution in [0.15, 0.2) is 18.3 Å². The second-order valence-corrected chi connectivity index (χ2v) is 3.07. The fraction of sp³-hybridized carbons (Fsp3) is 0.222. The smallest absolute Gasteiger partial charge is 0.137 e. The predicted molar refractivity (Wildman–Crippen MR) is 48.3 cm³/mol. The number of aromatic amines is 1. The Kier molecular flexibility index (Phi) is 1.01. The van der Waals surface area contributed by atoms with Crippen LogP contribution >= 0.6 is 0 Å². The Morgan fingerprint density at radius 3 is 3.42 bits per heavy atom. The number of fused-ring (bicyclic) bond motifs is 2. The van der Waals surface area contributed by atoms with Crippen LogP contribution in [0.3, 0.4) is 0 Å². The summed E-state index contributed by atoms with van der Waals surface area (Å²) in [7, 11) is 0. The number of hydrogen-bond acceptors (Lipinski definition) is 2. The van der Waals surface area contributed by atoms with Crippen LogP contribution in [-0.2, 0) is 6.42 Å². The Balaban J connectivity index is 2.38. The Morgan fingerprint density at radius 1 is 1.42 bits per heavy atom. The number of nitrogens with one attached hydrogen (secondary N) is 2. The van der Waals surface area contributed by atoms with E-state index in [4.69, 9.17) is 0 Å². The molecule has 3 heterocycles. The fourth-order valence-electron chi connectivity index (χ4n) is 1.68. The summed E-state index contributed by atoms with van der Waals surface area (Å²) in [5.74, 6) is 0. The molecule has 3 nitrogen and oxygen atoms in total. The molecule has 0 spiro atoms. The van der Waals surface area contributed by atoms with Gasteiger partial charge in [-0.2, -0.15) is 0 Å². The highest BCUT2D eigenvalue weighted by molar-refractivity contribution is 5.80. The van der Waals surface area contributed by atoms with Crippen LogP contribution in [0.5, 0.6) is 0 Å². The van der Waals surface area contributed by atoms with Crippen molar-refractivity contribution in [1.29, 1.82) is 0 Å². The van der Waals surface area contributed by atoms with Crippen molar-refractivity contribution in [3.63, 3.8) is 0 Å². The lowest BCUT2D eigenvalue weighted by molar-refractivity contribution is 1.05. The third kappa shape index (κ3) is 0.679. The van der Waals surface area contributed by atoms with Crippen molar-refractivity contribution in [2.45, 2.75) is 6.42 Å². The molecular formula is C9H9N3. The third-order valence-electron chi connectivity index (χ3n) is 2.29. The lowest BCUT2D eigenvalue weighted by atomic mass is 10.2. The van der Waals surface area contributed by atoms with Gasteiger partial charge in [0.05, 0.1) is 11.4 Å². The number of rotatable bonds is 0. The van der Waals surface area contributed by atoms with E-state index in [1.54, 1.807) is 0 Å². The first kappa shape index (κ1) is 6.06. The van der Waals surface area contributed by atoms with E-state index in [-0.39, 0.29) is 0 Å². The number of aromatic nitrogens is 2. The summed E-state index contributed by atoms with van der Waals surface area (Å²) in [5, 5.41) is 4.49. The molecule has 2 aromatic heterocycles. The third-order valence-corrected chi connectivity index (χ3v) is 2.29. The number of anilines is 1. The average molecular weight is 159 g/mol. The van der Waals surface area contributed by atoms with E-state index in [9.17, 15) is 0 Å². The van der Waals surface area contributed by atoms with Crippen molar-refractivity contribution in [2.24, 2.45) is 0 Å². The van der Waals surface area contributed by atoms with Crippen molar-refractivity contribution >= 4 is 16.7 Å². The van der Waals surface area contributed by atoms with E-state index in [1.165, 1.54) is 16.8 Å². The van der Waals surface area contributed by atoms with E-state index in [0.717, 1.165) is 18.6 Å². The van der Waals surface area contributed by atoms with Crippen molar-refractivity contribution in [3.8, 4) is 0 Å². The molecule has 1 aliphatic rings. The molecule has 12 heavy (non-hydrogen) atoms. The van der Waals surface area contributed by atoms with Crippen LogP contribution in [0.2, 0.25) is 0 Å². The highest BCUT2D eigenvalue weighted by atomic mass is 15.0. The predicted octanol–water partition coefficient (Wildman–Crippen LogP) is 1.53. The molecule has 0 fully saturated rings. The summed E-state index contributed by atoms with van der Waals surface area (Å²) in [6.07, 6.45) is 2.97. The number of H-pyrrole nitrogens is 1. The van der Waals surface area contributed by atoms with Gasteiger partial charge in [-0.25, -0.2) is 4.98 Å². The molecule has 0 atom stereocenters. The van der Waals surface area contributed by atoms with Gasteiger partial charge < -0.3 is 10.3 Å². The Hall–Kier alpha value is -1.51. The Morgan fingerprint density at radius 2 is 2.42 bits per heavy atom. The van der Waals surface area contributed by atoms with Crippen LogP contribution in [0.4, 0.5) is 5.69 Å². The maximum atomic E-state index is 4.50. The normalized spacial score (nSPS) is 14.7. The van der Waals surface area contributed by atoms with Crippen molar-refractivity contribution in [1.82, 2.24) is 9.97 Å². The van der Waals surface area contributed by atoms with Crippen molar-refractivity contribution < 1.29 is 0 Å². The van der Waals surface area contributed by atoms with Gasteiger partial charge in [-0.1, -0.05) is 0 Å². The molecule has 3 rings (SSSR count). The van der Waals surface area contributed by atoms with Crippen LogP contribution in [0.1, 0.15) is 5.69 Å². The van der Waals surface area contributed by atoms with E-state index < -0.39 is 0 Å². The van der Waals surface area contributed by atoms with Crippen molar-refractivity contribution in [3.05, 3.63) is 24.0 Å². The SMILES string of the molecule is c1cc2cc3c(nc2[nH]1)CCN3. The molecule has 1 aliphatic heterocycles. The molecule has 0 radical (unpaired) electrons. The minimum atomic E-state index is 0.998. The summed E-state index contributed by atoms with van der Waals surface area (Å²) >= 11 is 0. The molecule has 0 aromatic carbocycles. The Bertz CT molecular complexity index is 392. The van der Waals surface area contributed by atoms with Crippen LogP contribution in [0, 0.1) is 0 Å². The highest BCUT2D eigenvalue weighted by Gasteiger charge is 2.12. The van der Waals surface area contributed by atoms with E-state index in [2.05, 4.69) is 21.4 Å². The zero-order chi connectivity index (χ0) is 7.97. The monoisotopic (exact) mass is 159 g/mol. The van der Waals surface area contributed by atoms with Gasteiger partial charge in [0.2, 0.25) is 0 Å². The highest BCUT2D eigenvalue weighted by Crippen LogP contribution is 2.23. The van der Waals surface area contributed by atoms with Gasteiger partial charge in [-0.3, -0.25) is 0 Å². The molecule has 0 saturated heterocycles. The summed E-state index contributed by atoms with van der Waals surface area (Å²) in [6.45, 7) is 1.02. The summed E-state index contributed by atoms with van der Waals surface area (Å²) in [5.41, 5.74) is 3.38. The largest absolute Gasteiger partial charge is 0.383 e. The molecule has 0 aliphatic carbocycles. The van der Waals surface area contributed by atoms with Crippen LogP contribution in [-0.4, -0.2) is 16.5 Å². The minimum absolute atomic E-state index is 0.998. The topological polar surface area (TPSA) is 40.7 Å². The lowest BCUT2D eigenvalue weighted by Crippen LogP contribution is -1.90. The van der Waals surface area contributed by atoms with E-state index in [1.807, 2.05) is 12.3 Å². The lowest BCUT2D eigenvalue weighted by Gasteiger charge is -1.97. The van der Waals surface area contributed by atoms with Gasteiger partial charge in [0.1, 0.15) is 5.65 Å². The molecule has 0 saturated carbocycles. The second-order valence-electron chi connectivity index (χ2n) is 3.07. The van der Waals surface area contributed by atoms with Crippen molar-refractivity contribution in [2.75, 3.05) is 11.9 Å². The first-order valence-corrected chi connectivity index (χ1v) is 4.14. The quantitative estimate of drug-likeness (QED) is 0.612. The molecule has 0 unspecified atom stereocenters. The number of hydrogen-bond donors (Lipinski definition) is 2. The summed E-state index contributed by atoms with van der Waals surface area (Å²) < 4.78 is 0. The molecule has 3 heteroatoms. The van der Waals surface area contributed by atoms with Gasteiger partial charge >= 0.3 is 0 Å². The van der Waals surface area contributed by atoms with Crippen LogP contribution in [0.25, 0.3) is 11.0 Å². The first-order valence-electron chi connectivity index (χ1n) is 4.14. The van der Waals surface area contributed by atoms with Gasteiger partial charge in [-0.05, 0) is 12.1 Å². The Labute approximate surface area is 69.8 Å². The number of pyridine rings is 1. The minimum Gasteiger partial charge on any atom is -0.383 e. The summed E-state index contributed by atoms with van der Waals surface area (Å²) in [6, 6.07) is 4.20. The molecule has 2 aromatic rings. The fourth-order valence-corrected chi connectivity index (χ4v) is 1.68. The van der Waals surface area contributed by atoms with Gasteiger partial charge in [0.25, 0.3) is 0 Å². The van der Waals surface area contributed by atoms with E-state index >= 15 is 0 Å². The molecule has 0 bridgehead atoms. The van der Waals surface area contributed by atoms with Gasteiger partial charge in [-0.15, -0.1) is 0 Å². The molecule has 60 valence electrons. The second kappa shape index (κ2) is 2.00. The maximum absolute atomic E-state index is 4.50. The first-order chi connectivity index (χ1) is 5.93. The van der Waals surface area contributed by atoms with Gasteiger partial charge in [0.15, 0.2) is 0 Å². The van der Waals surface area contributed by atoms with Crippen LogP contribution < -0.4 is 5.32 Å². The zero-order valence-corrected chi connectivity index (χ0v) is 6.59. The summed E-state index contributed by atoms with van der Waals surface area (Å²) in [4.78, 5) is 7.61. The van der Waals surface area contributed by atoms with Gasteiger partial charge in [0, 0.05) is 24.5 Å². The van der Waals surface area contributed by atoms with E-state index in [0.29, 0.717) is 0 Å². The molecule has 2 N–H and O–H groups in total.